The molecule has 4 rings (SSSR count). The normalized spacial score (nSPS) is 14.9. The molecule has 0 atom stereocenters. The van der Waals surface area contributed by atoms with Gasteiger partial charge in [-0.2, -0.15) is 4.98 Å². The number of hydrogen-bond acceptors (Lipinski definition) is 9. The molecule has 10 heteroatoms. The van der Waals surface area contributed by atoms with Crippen molar-refractivity contribution in [1.29, 1.82) is 5.41 Å². The van der Waals surface area contributed by atoms with Crippen LogP contribution in [0.3, 0.4) is 0 Å². The summed E-state index contributed by atoms with van der Waals surface area (Å²) < 4.78 is 5.29. The van der Waals surface area contributed by atoms with E-state index in [1.165, 1.54) is 6.33 Å². The van der Waals surface area contributed by atoms with Gasteiger partial charge in [-0.1, -0.05) is 0 Å². The number of nitrogens with one attached hydrogen (secondary N) is 2. The molecule has 0 spiro atoms. The van der Waals surface area contributed by atoms with Crippen LogP contribution in [0.15, 0.2) is 28.9 Å². The van der Waals surface area contributed by atoms with Crippen molar-refractivity contribution in [3.05, 3.63) is 35.7 Å². The molecule has 1 fully saturated rings. The lowest BCUT2D eigenvalue weighted by Gasteiger charge is -2.32. The van der Waals surface area contributed by atoms with Gasteiger partial charge in [0, 0.05) is 31.6 Å². The Morgan fingerprint density at radius 2 is 2.03 bits per heavy atom. The number of likely N-dealkylation sites (tertiary alicyclic amines) is 1. The number of nitrogen functional groups attached to an aromatic ring is 2. The monoisotopic (exact) mass is 394 g/mol. The van der Waals surface area contributed by atoms with Gasteiger partial charge in [0.25, 0.3) is 6.01 Å². The van der Waals surface area contributed by atoms with Crippen molar-refractivity contribution >= 4 is 40.4 Å². The summed E-state index contributed by atoms with van der Waals surface area (Å²) >= 11 is 0. The van der Waals surface area contributed by atoms with E-state index in [9.17, 15) is 4.79 Å². The second-order valence-corrected chi connectivity index (χ2v) is 7.02. The average molecular weight is 394 g/mol. The first kappa shape index (κ1) is 18.7. The third-order valence-corrected chi connectivity index (χ3v) is 5.10. The summed E-state index contributed by atoms with van der Waals surface area (Å²) in [5.74, 6) is 0.804. The molecule has 0 radical (unpaired) electrons. The zero-order valence-corrected chi connectivity index (χ0v) is 16.0. The molecule has 3 aromatic rings. The van der Waals surface area contributed by atoms with Gasteiger partial charge < -0.3 is 26.1 Å². The van der Waals surface area contributed by atoms with Crippen LogP contribution >= 0.6 is 0 Å². The Labute approximate surface area is 166 Å². The largest absolute Gasteiger partial charge is 0.424 e. The molecular formula is C19H22N8O2. The van der Waals surface area contributed by atoms with E-state index < -0.39 is 0 Å². The van der Waals surface area contributed by atoms with Gasteiger partial charge in [0.05, 0.1) is 11.3 Å². The van der Waals surface area contributed by atoms with Crippen LogP contribution in [0.25, 0.3) is 11.1 Å². The van der Waals surface area contributed by atoms with Crippen molar-refractivity contribution in [3.8, 4) is 0 Å². The van der Waals surface area contributed by atoms with E-state index in [4.69, 9.17) is 21.3 Å². The molecule has 1 aromatic carbocycles. The smallest absolute Gasteiger partial charge is 0.292 e. The summed E-state index contributed by atoms with van der Waals surface area (Å²) in [7, 11) is 0. The Morgan fingerprint density at radius 3 is 2.76 bits per heavy atom. The van der Waals surface area contributed by atoms with Crippen LogP contribution in [-0.2, 0) is 4.79 Å². The van der Waals surface area contributed by atoms with E-state index in [1.54, 1.807) is 25.1 Å². The van der Waals surface area contributed by atoms with Gasteiger partial charge in [-0.3, -0.25) is 10.2 Å². The van der Waals surface area contributed by atoms with Crippen molar-refractivity contribution in [2.24, 2.45) is 0 Å². The van der Waals surface area contributed by atoms with Crippen molar-refractivity contribution in [2.45, 2.75) is 25.8 Å². The summed E-state index contributed by atoms with van der Waals surface area (Å²) in [5.41, 5.74) is 14.0. The number of hydrogen-bond donors (Lipinski definition) is 4. The fourth-order valence-electron chi connectivity index (χ4n) is 3.53. The number of piperidine rings is 1. The van der Waals surface area contributed by atoms with Gasteiger partial charge >= 0.3 is 0 Å². The first-order valence-electron chi connectivity index (χ1n) is 9.30. The predicted octanol–water partition coefficient (Wildman–Crippen LogP) is 1.62. The molecule has 10 nitrogen and oxygen atoms in total. The Morgan fingerprint density at radius 1 is 1.28 bits per heavy atom. The first-order chi connectivity index (χ1) is 13.9. The topological polar surface area (TPSA) is 160 Å². The maximum absolute atomic E-state index is 11.5. The van der Waals surface area contributed by atoms with E-state index >= 15 is 0 Å². The van der Waals surface area contributed by atoms with E-state index in [2.05, 4.69) is 20.3 Å². The Hall–Kier alpha value is -3.69. The van der Waals surface area contributed by atoms with Crippen LogP contribution < -0.4 is 16.8 Å². The molecular weight excluding hydrogens is 372 g/mol. The summed E-state index contributed by atoms with van der Waals surface area (Å²) in [6.45, 7) is 2.95. The van der Waals surface area contributed by atoms with E-state index in [0.29, 0.717) is 41.1 Å². The molecule has 1 saturated heterocycles. The minimum Gasteiger partial charge on any atom is -0.424 e. The highest BCUT2D eigenvalue weighted by Crippen LogP contribution is 2.26. The zero-order valence-electron chi connectivity index (χ0n) is 16.0. The molecule has 0 unspecified atom stereocenters. The highest BCUT2D eigenvalue weighted by atomic mass is 16.4. The van der Waals surface area contributed by atoms with Gasteiger partial charge in [-0.25, -0.2) is 9.97 Å². The lowest BCUT2D eigenvalue weighted by molar-refractivity contribution is -0.129. The second kappa shape index (κ2) is 7.38. The predicted molar refractivity (Wildman–Crippen MR) is 110 cm³/mol. The van der Waals surface area contributed by atoms with Crippen LogP contribution in [0, 0.1) is 5.41 Å². The average Bonchev–Trinajstić information content (AvgIpc) is 3.07. The summed E-state index contributed by atoms with van der Waals surface area (Å²) in [6.07, 6.45) is 2.96. The van der Waals surface area contributed by atoms with Crippen molar-refractivity contribution in [3.63, 3.8) is 0 Å². The minimum atomic E-state index is 0.0745. The van der Waals surface area contributed by atoms with Gasteiger partial charge in [0.2, 0.25) is 5.91 Å². The highest BCUT2D eigenvalue weighted by molar-refractivity contribution is 6.17. The standard InChI is InChI=1S/C19H22N8O2/c1-10(28)27-6-4-12(5-7-27)25-18-15(17(21)23-9-24-18)16(20)11-2-3-14-13(8-11)26-19(22)29-14/h2-3,8-9,12,20H,4-7H2,1H3,(H2,22,26)(H3,21,23,24,25). The zero-order chi connectivity index (χ0) is 20.5. The third kappa shape index (κ3) is 3.68. The van der Waals surface area contributed by atoms with E-state index in [-0.39, 0.29) is 29.5 Å². The fourth-order valence-corrected chi connectivity index (χ4v) is 3.53. The van der Waals surface area contributed by atoms with Crippen molar-refractivity contribution < 1.29 is 9.21 Å². The molecule has 1 aliphatic rings. The molecule has 6 N–H and O–H groups in total. The number of aromatic nitrogens is 3. The fraction of sp³-hybridized carbons (Fsp3) is 0.316. The van der Waals surface area contributed by atoms with Crippen LogP contribution in [0.5, 0.6) is 0 Å². The SMILES string of the molecule is CC(=O)N1CCC(Nc2ncnc(N)c2C(=N)c2ccc3oc(N)nc3c2)CC1. The van der Waals surface area contributed by atoms with Crippen LogP contribution in [0.4, 0.5) is 17.7 Å². The van der Waals surface area contributed by atoms with Crippen LogP contribution in [0.2, 0.25) is 0 Å². The Bertz CT molecular complexity index is 1090. The van der Waals surface area contributed by atoms with Gasteiger partial charge in [-0.15, -0.1) is 0 Å². The number of nitrogens with two attached hydrogens (primary N) is 2. The van der Waals surface area contributed by atoms with Crippen molar-refractivity contribution in [1.82, 2.24) is 19.9 Å². The number of oxazole rings is 1. The first-order valence-corrected chi connectivity index (χ1v) is 9.30. The maximum atomic E-state index is 11.5. The molecule has 3 heterocycles. The Balaban J connectivity index is 1.60. The van der Waals surface area contributed by atoms with Gasteiger partial charge in [0.1, 0.15) is 23.5 Å². The summed E-state index contributed by atoms with van der Waals surface area (Å²) in [4.78, 5) is 25.8. The number of amides is 1. The number of anilines is 3. The maximum Gasteiger partial charge on any atom is 0.292 e. The lowest BCUT2D eigenvalue weighted by Crippen LogP contribution is -2.41. The molecule has 1 aliphatic heterocycles. The number of rotatable bonds is 4. The summed E-state index contributed by atoms with van der Waals surface area (Å²) in [6, 6.07) is 5.39. The Kier molecular flexibility index (Phi) is 4.75. The lowest BCUT2D eigenvalue weighted by atomic mass is 10.0. The number of carbonyl (C=O) groups is 1. The molecule has 0 bridgehead atoms. The summed E-state index contributed by atoms with van der Waals surface area (Å²) in [5, 5.41) is 12.1. The quantitative estimate of drug-likeness (QED) is 0.486. The molecule has 150 valence electrons. The molecule has 2 aromatic heterocycles. The van der Waals surface area contributed by atoms with E-state index in [1.807, 2.05) is 4.90 Å². The number of fused-ring (bicyclic) bond motifs is 1. The minimum absolute atomic E-state index is 0.0745. The number of carbonyl (C=O) groups excluding carboxylic acids is 1. The molecule has 29 heavy (non-hydrogen) atoms. The van der Waals surface area contributed by atoms with Crippen LogP contribution in [-0.4, -0.2) is 50.6 Å². The van der Waals surface area contributed by atoms with Crippen LogP contribution in [0.1, 0.15) is 30.9 Å². The van der Waals surface area contributed by atoms with Gasteiger partial charge in [0.15, 0.2) is 5.58 Å². The molecule has 0 aliphatic carbocycles. The third-order valence-electron chi connectivity index (χ3n) is 5.10. The molecule has 1 amide bonds. The number of nitrogens with zero attached hydrogens (tertiary/aromatic N) is 4. The van der Waals surface area contributed by atoms with Crippen molar-refractivity contribution in [2.75, 3.05) is 29.9 Å². The highest BCUT2D eigenvalue weighted by Gasteiger charge is 2.24. The number of benzene rings is 1. The second-order valence-electron chi connectivity index (χ2n) is 7.02. The van der Waals surface area contributed by atoms with E-state index in [0.717, 1.165) is 12.8 Å². The molecule has 0 saturated carbocycles. The van der Waals surface area contributed by atoms with Gasteiger partial charge in [-0.05, 0) is 31.0 Å².